The summed E-state index contributed by atoms with van der Waals surface area (Å²) in [6, 6.07) is 0. The predicted octanol–water partition coefficient (Wildman–Crippen LogP) is 4.50. The fourth-order valence-electron chi connectivity index (χ4n) is 2.28. The Morgan fingerprint density at radius 2 is 1.90 bits per heavy atom. The molecule has 1 aliphatic rings. The molecule has 6 heteroatoms. The molecule has 0 aromatic heterocycles. The maximum atomic E-state index is 12.0. The van der Waals surface area contributed by atoms with E-state index < -0.39 is 5.60 Å². The van der Waals surface area contributed by atoms with E-state index in [1.807, 2.05) is 20.8 Å². The first-order chi connectivity index (χ1) is 9.71. The molecule has 0 saturated carbocycles. The van der Waals surface area contributed by atoms with Gasteiger partial charge in [-0.3, -0.25) is 0 Å². The number of hydrogen-bond acceptors (Lipinski definition) is 3. The van der Waals surface area contributed by atoms with Crippen LogP contribution in [-0.4, -0.2) is 41.9 Å². The third kappa shape index (κ3) is 6.05. The van der Waals surface area contributed by atoms with E-state index in [0.717, 1.165) is 19.3 Å². The zero-order chi connectivity index (χ0) is 16.1. The summed E-state index contributed by atoms with van der Waals surface area (Å²) in [5.74, 6) is 0. The average Bonchev–Trinajstić information content (AvgIpc) is 2.43. The number of nitrogens with zero attached hydrogens (tertiary/aromatic N) is 1. The molecule has 0 aromatic carbocycles. The molecule has 0 aliphatic carbocycles. The second kappa shape index (κ2) is 7.70. The predicted molar refractivity (Wildman–Crippen MR) is 85.8 cm³/mol. The standard InChI is InChI=1S/C15H25Cl2NO3/c1-5-15(20-11-12(17)10-16)6-8-18(9-7-15)13(19)21-14(2,3)4/h10H,5-9,11H2,1-4H3. The molecule has 1 fully saturated rings. The Morgan fingerprint density at radius 1 is 1.33 bits per heavy atom. The van der Waals surface area contributed by atoms with E-state index in [4.69, 9.17) is 32.7 Å². The molecule has 4 nitrogen and oxygen atoms in total. The number of carbonyl (C=O) groups excluding carboxylic acids is 1. The van der Waals surface area contributed by atoms with Crippen LogP contribution >= 0.6 is 23.2 Å². The third-order valence-electron chi connectivity index (χ3n) is 3.61. The van der Waals surface area contributed by atoms with Crippen LogP contribution in [0.25, 0.3) is 0 Å². The highest BCUT2D eigenvalue weighted by molar-refractivity contribution is 6.36. The lowest BCUT2D eigenvalue weighted by Crippen LogP contribution is -2.49. The number of ether oxygens (including phenoxy) is 2. The van der Waals surface area contributed by atoms with Gasteiger partial charge in [0.05, 0.1) is 17.2 Å². The molecule has 0 unspecified atom stereocenters. The second-order valence-corrected chi connectivity index (χ2v) is 7.05. The van der Waals surface area contributed by atoms with Crippen molar-refractivity contribution in [3.05, 3.63) is 10.6 Å². The van der Waals surface area contributed by atoms with Crippen molar-refractivity contribution in [1.29, 1.82) is 0 Å². The first-order valence-corrected chi connectivity index (χ1v) is 8.09. The van der Waals surface area contributed by atoms with Gasteiger partial charge in [-0.15, -0.1) is 0 Å². The molecular weight excluding hydrogens is 313 g/mol. The van der Waals surface area contributed by atoms with Gasteiger partial charge in [-0.2, -0.15) is 0 Å². The summed E-state index contributed by atoms with van der Waals surface area (Å²) in [5.41, 5.74) is 0.616. The first kappa shape index (κ1) is 18.6. The van der Waals surface area contributed by atoms with Crippen LogP contribution in [0.15, 0.2) is 10.6 Å². The van der Waals surface area contributed by atoms with Crippen molar-refractivity contribution < 1.29 is 14.3 Å². The highest BCUT2D eigenvalue weighted by Gasteiger charge is 2.36. The number of carbonyl (C=O) groups is 1. The Bertz CT molecular complexity index is 383. The molecule has 1 rings (SSSR count). The van der Waals surface area contributed by atoms with E-state index in [1.54, 1.807) is 4.90 Å². The third-order valence-corrected chi connectivity index (χ3v) is 4.20. The molecule has 0 spiro atoms. The quantitative estimate of drug-likeness (QED) is 0.757. The van der Waals surface area contributed by atoms with Gasteiger partial charge in [0.15, 0.2) is 0 Å². The molecule has 0 atom stereocenters. The van der Waals surface area contributed by atoms with Crippen molar-refractivity contribution in [2.24, 2.45) is 0 Å². The van der Waals surface area contributed by atoms with Gasteiger partial charge >= 0.3 is 6.09 Å². The van der Waals surface area contributed by atoms with Crippen LogP contribution in [-0.2, 0) is 9.47 Å². The molecular formula is C15H25Cl2NO3. The van der Waals surface area contributed by atoms with Gasteiger partial charge in [0.1, 0.15) is 5.60 Å². The number of likely N-dealkylation sites (tertiary alicyclic amines) is 1. The SMILES string of the molecule is CCC1(OCC(Cl)=CCl)CCN(C(=O)OC(C)(C)C)CC1. The van der Waals surface area contributed by atoms with E-state index in [-0.39, 0.29) is 11.7 Å². The van der Waals surface area contributed by atoms with Crippen molar-refractivity contribution in [3.8, 4) is 0 Å². The van der Waals surface area contributed by atoms with E-state index in [9.17, 15) is 4.79 Å². The van der Waals surface area contributed by atoms with E-state index in [2.05, 4.69) is 6.92 Å². The molecule has 0 radical (unpaired) electrons. The van der Waals surface area contributed by atoms with E-state index in [1.165, 1.54) is 5.54 Å². The van der Waals surface area contributed by atoms with Crippen LogP contribution in [0.1, 0.15) is 47.0 Å². The fourth-order valence-corrected chi connectivity index (χ4v) is 2.39. The van der Waals surface area contributed by atoms with Crippen molar-refractivity contribution in [3.63, 3.8) is 0 Å². The van der Waals surface area contributed by atoms with Gasteiger partial charge in [0.25, 0.3) is 0 Å². The number of halogens is 2. The van der Waals surface area contributed by atoms with Gasteiger partial charge in [0.2, 0.25) is 0 Å². The second-order valence-electron chi connectivity index (χ2n) is 6.35. The minimum Gasteiger partial charge on any atom is -0.444 e. The minimum atomic E-state index is -0.467. The van der Waals surface area contributed by atoms with Crippen molar-refractivity contribution in [2.45, 2.75) is 58.2 Å². The van der Waals surface area contributed by atoms with Crippen molar-refractivity contribution in [2.75, 3.05) is 19.7 Å². The molecule has 0 aromatic rings. The topological polar surface area (TPSA) is 38.8 Å². The molecule has 122 valence electrons. The lowest BCUT2D eigenvalue weighted by atomic mass is 9.88. The lowest BCUT2D eigenvalue weighted by molar-refractivity contribution is -0.0772. The number of amides is 1. The van der Waals surface area contributed by atoms with Crippen molar-refractivity contribution in [1.82, 2.24) is 4.90 Å². The van der Waals surface area contributed by atoms with Crippen molar-refractivity contribution >= 4 is 29.3 Å². The average molecular weight is 338 g/mol. The largest absolute Gasteiger partial charge is 0.444 e. The highest BCUT2D eigenvalue weighted by Crippen LogP contribution is 2.31. The Labute approximate surface area is 137 Å². The van der Waals surface area contributed by atoms with Gasteiger partial charge in [0, 0.05) is 18.6 Å². The lowest BCUT2D eigenvalue weighted by Gasteiger charge is -2.41. The van der Waals surface area contributed by atoms with E-state index >= 15 is 0 Å². The molecule has 1 aliphatic heterocycles. The molecule has 1 saturated heterocycles. The van der Waals surface area contributed by atoms with Crippen LogP contribution in [0.3, 0.4) is 0 Å². The normalized spacial score (nSPS) is 19.5. The maximum absolute atomic E-state index is 12.0. The minimum absolute atomic E-state index is 0.238. The van der Waals surface area contributed by atoms with Crippen LogP contribution in [0.4, 0.5) is 4.79 Å². The highest BCUT2D eigenvalue weighted by atomic mass is 35.5. The van der Waals surface area contributed by atoms with Crippen LogP contribution < -0.4 is 0 Å². The number of rotatable bonds is 4. The Kier molecular flexibility index (Phi) is 6.82. The Balaban J connectivity index is 2.53. The summed E-state index contributed by atoms with van der Waals surface area (Å²) < 4.78 is 11.3. The summed E-state index contributed by atoms with van der Waals surface area (Å²) in [6.45, 7) is 9.26. The zero-order valence-corrected chi connectivity index (χ0v) is 14.8. The number of hydrogen-bond donors (Lipinski definition) is 0. The summed E-state index contributed by atoms with van der Waals surface area (Å²) in [6.07, 6.45) is 2.16. The van der Waals surface area contributed by atoms with Gasteiger partial charge in [-0.1, -0.05) is 30.1 Å². The fraction of sp³-hybridized carbons (Fsp3) is 0.800. The molecule has 1 amide bonds. The number of piperidine rings is 1. The van der Waals surface area contributed by atoms with Crippen LogP contribution in [0, 0.1) is 0 Å². The van der Waals surface area contributed by atoms with Gasteiger partial charge in [-0.25, -0.2) is 4.79 Å². The molecule has 0 bridgehead atoms. The van der Waals surface area contributed by atoms with Crippen LogP contribution in [0.5, 0.6) is 0 Å². The van der Waals surface area contributed by atoms with Gasteiger partial charge < -0.3 is 14.4 Å². The summed E-state index contributed by atoms with van der Waals surface area (Å²) >= 11 is 11.4. The zero-order valence-electron chi connectivity index (χ0n) is 13.2. The molecule has 1 heterocycles. The summed E-state index contributed by atoms with van der Waals surface area (Å²) in [5, 5.41) is 0.485. The molecule has 0 N–H and O–H groups in total. The summed E-state index contributed by atoms with van der Waals surface area (Å²) in [7, 11) is 0. The smallest absolute Gasteiger partial charge is 0.410 e. The first-order valence-electron chi connectivity index (χ1n) is 7.28. The Hall–Kier alpha value is -0.450. The maximum Gasteiger partial charge on any atom is 0.410 e. The Morgan fingerprint density at radius 3 is 2.33 bits per heavy atom. The summed E-state index contributed by atoms with van der Waals surface area (Å²) in [4.78, 5) is 13.8. The molecule has 21 heavy (non-hydrogen) atoms. The monoisotopic (exact) mass is 337 g/mol. The van der Waals surface area contributed by atoms with E-state index in [0.29, 0.717) is 24.7 Å². The van der Waals surface area contributed by atoms with Gasteiger partial charge in [-0.05, 0) is 40.0 Å². The van der Waals surface area contributed by atoms with Crippen LogP contribution in [0.2, 0.25) is 0 Å².